The summed E-state index contributed by atoms with van der Waals surface area (Å²) in [6.45, 7) is 2.40. The van der Waals surface area contributed by atoms with Crippen LogP contribution in [0.15, 0.2) is 18.2 Å². The van der Waals surface area contributed by atoms with E-state index in [2.05, 4.69) is 10.6 Å². The molecule has 1 saturated carbocycles. The van der Waals surface area contributed by atoms with Crippen LogP contribution in [0, 0.1) is 18.7 Å². The summed E-state index contributed by atoms with van der Waals surface area (Å²) in [5.41, 5.74) is 0.863. The molecule has 1 aromatic carbocycles. The summed E-state index contributed by atoms with van der Waals surface area (Å²) in [5.74, 6) is -0.348. The zero-order valence-electron chi connectivity index (χ0n) is 10.8. The van der Waals surface area contributed by atoms with Gasteiger partial charge in [0.25, 0.3) is 5.91 Å². The minimum absolute atomic E-state index is 0.0619. The second-order valence-electron chi connectivity index (χ2n) is 4.79. The molecular weight excluding hydrogens is 247 g/mol. The molecule has 0 bridgehead atoms. The van der Waals surface area contributed by atoms with Crippen LogP contribution in [0.25, 0.3) is 0 Å². The molecular formula is C14H17FN2O2. The minimum Gasteiger partial charge on any atom is -0.354 e. The van der Waals surface area contributed by atoms with Gasteiger partial charge in [0.2, 0.25) is 5.91 Å². The molecule has 2 amide bonds. The average molecular weight is 264 g/mol. The number of hydrogen-bond acceptors (Lipinski definition) is 2. The summed E-state index contributed by atoms with van der Waals surface area (Å²) in [6.07, 6.45) is 1.93. The number of benzene rings is 1. The van der Waals surface area contributed by atoms with Crippen LogP contribution in [-0.4, -0.2) is 24.9 Å². The van der Waals surface area contributed by atoms with Crippen LogP contribution in [-0.2, 0) is 4.79 Å². The van der Waals surface area contributed by atoms with Crippen LogP contribution < -0.4 is 10.6 Å². The van der Waals surface area contributed by atoms with Crippen molar-refractivity contribution >= 4 is 11.8 Å². The largest absolute Gasteiger partial charge is 0.354 e. The quantitative estimate of drug-likeness (QED) is 0.790. The highest BCUT2D eigenvalue weighted by molar-refractivity contribution is 5.94. The number of carbonyl (C=O) groups is 2. The van der Waals surface area contributed by atoms with Crippen LogP contribution in [0.2, 0.25) is 0 Å². The van der Waals surface area contributed by atoms with E-state index >= 15 is 0 Å². The van der Waals surface area contributed by atoms with Gasteiger partial charge in [0.15, 0.2) is 0 Å². The van der Waals surface area contributed by atoms with Crippen molar-refractivity contribution in [2.75, 3.05) is 13.1 Å². The van der Waals surface area contributed by atoms with E-state index in [1.165, 1.54) is 18.2 Å². The molecule has 4 nitrogen and oxygen atoms in total. The maximum atomic E-state index is 13.1. The van der Waals surface area contributed by atoms with Gasteiger partial charge in [-0.1, -0.05) is 0 Å². The highest BCUT2D eigenvalue weighted by atomic mass is 19.1. The van der Waals surface area contributed by atoms with Gasteiger partial charge in [0, 0.05) is 24.6 Å². The summed E-state index contributed by atoms with van der Waals surface area (Å²) < 4.78 is 13.1. The lowest BCUT2D eigenvalue weighted by Gasteiger charge is -2.07. The number of rotatable bonds is 5. The molecule has 1 aliphatic rings. The van der Waals surface area contributed by atoms with Crippen molar-refractivity contribution in [3.05, 3.63) is 35.1 Å². The molecule has 5 heteroatoms. The lowest BCUT2D eigenvalue weighted by atomic mass is 10.1. The van der Waals surface area contributed by atoms with Crippen LogP contribution in [0.3, 0.4) is 0 Å². The summed E-state index contributed by atoms with van der Waals surface area (Å²) >= 11 is 0. The maximum absolute atomic E-state index is 13.1. The third-order valence-corrected chi connectivity index (χ3v) is 3.08. The Kier molecular flexibility index (Phi) is 4.14. The SMILES string of the molecule is Cc1cc(C(=O)NCCNC(=O)C2CC2)ccc1F. The fourth-order valence-electron chi connectivity index (χ4n) is 1.74. The standard InChI is InChI=1S/C14H17FN2O2/c1-9-8-11(4-5-12(9)15)14(19)17-7-6-16-13(18)10-2-3-10/h4-5,8,10H,2-3,6-7H2,1H3,(H,16,18)(H,17,19). The third kappa shape index (κ3) is 3.77. The first kappa shape index (κ1) is 13.5. The van der Waals surface area contributed by atoms with E-state index in [1.807, 2.05) is 0 Å². The Morgan fingerprint density at radius 1 is 1.26 bits per heavy atom. The first-order chi connectivity index (χ1) is 9.08. The van der Waals surface area contributed by atoms with Crippen molar-refractivity contribution in [2.45, 2.75) is 19.8 Å². The molecule has 19 heavy (non-hydrogen) atoms. The molecule has 0 unspecified atom stereocenters. The smallest absolute Gasteiger partial charge is 0.251 e. The number of hydrogen-bond donors (Lipinski definition) is 2. The molecule has 1 aromatic rings. The maximum Gasteiger partial charge on any atom is 0.251 e. The number of carbonyl (C=O) groups excluding carboxylic acids is 2. The molecule has 0 radical (unpaired) electrons. The Labute approximate surface area is 111 Å². The molecule has 1 fully saturated rings. The highest BCUT2D eigenvalue weighted by Gasteiger charge is 2.28. The number of nitrogens with one attached hydrogen (secondary N) is 2. The summed E-state index contributed by atoms with van der Waals surface area (Å²) in [4.78, 5) is 23.1. The van der Waals surface area contributed by atoms with Gasteiger partial charge in [-0.3, -0.25) is 9.59 Å². The van der Waals surface area contributed by atoms with E-state index in [1.54, 1.807) is 6.92 Å². The van der Waals surface area contributed by atoms with Gasteiger partial charge in [0.1, 0.15) is 5.82 Å². The van der Waals surface area contributed by atoms with Gasteiger partial charge in [0.05, 0.1) is 0 Å². The zero-order valence-corrected chi connectivity index (χ0v) is 10.8. The van der Waals surface area contributed by atoms with Gasteiger partial charge >= 0.3 is 0 Å². The summed E-state index contributed by atoms with van der Waals surface area (Å²) in [6, 6.07) is 4.23. The zero-order chi connectivity index (χ0) is 13.8. The Morgan fingerprint density at radius 2 is 1.95 bits per heavy atom. The Balaban J connectivity index is 1.74. The number of halogens is 1. The molecule has 2 rings (SSSR count). The monoisotopic (exact) mass is 264 g/mol. The lowest BCUT2D eigenvalue weighted by molar-refractivity contribution is -0.122. The average Bonchev–Trinajstić information content (AvgIpc) is 3.21. The topological polar surface area (TPSA) is 58.2 Å². The molecule has 0 spiro atoms. The van der Waals surface area contributed by atoms with Gasteiger partial charge < -0.3 is 10.6 Å². The molecule has 102 valence electrons. The normalized spacial score (nSPS) is 14.0. The van der Waals surface area contributed by atoms with Crippen LogP contribution in [0.4, 0.5) is 4.39 Å². The highest BCUT2D eigenvalue weighted by Crippen LogP contribution is 2.28. The fraction of sp³-hybridized carbons (Fsp3) is 0.429. The van der Waals surface area contributed by atoms with Crippen LogP contribution in [0.5, 0.6) is 0 Å². The first-order valence-electron chi connectivity index (χ1n) is 6.40. The minimum atomic E-state index is -0.326. The van der Waals surface area contributed by atoms with Gasteiger partial charge in [-0.15, -0.1) is 0 Å². The second-order valence-corrected chi connectivity index (χ2v) is 4.79. The molecule has 0 atom stereocenters. The Morgan fingerprint density at radius 3 is 2.58 bits per heavy atom. The van der Waals surface area contributed by atoms with Crippen molar-refractivity contribution in [3.8, 4) is 0 Å². The van der Waals surface area contributed by atoms with Crippen molar-refractivity contribution in [1.82, 2.24) is 10.6 Å². The molecule has 0 saturated heterocycles. The lowest BCUT2D eigenvalue weighted by Crippen LogP contribution is -2.35. The molecule has 0 heterocycles. The van der Waals surface area contributed by atoms with Crippen molar-refractivity contribution in [1.29, 1.82) is 0 Å². The van der Waals surface area contributed by atoms with E-state index in [0.29, 0.717) is 24.2 Å². The summed E-state index contributed by atoms with van der Waals surface area (Å²) in [5, 5.41) is 5.44. The fourth-order valence-corrected chi connectivity index (χ4v) is 1.74. The molecule has 2 N–H and O–H groups in total. The first-order valence-corrected chi connectivity index (χ1v) is 6.40. The van der Waals surface area contributed by atoms with Crippen molar-refractivity contribution < 1.29 is 14.0 Å². The molecule has 1 aliphatic carbocycles. The molecule has 0 aliphatic heterocycles. The van der Waals surface area contributed by atoms with E-state index in [9.17, 15) is 14.0 Å². The predicted octanol–water partition coefficient (Wildman–Crippen LogP) is 1.39. The number of aryl methyl sites for hydroxylation is 1. The van der Waals surface area contributed by atoms with Crippen molar-refractivity contribution in [2.24, 2.45) is 5.92 Å². The second kappa shape index (κ2) is 5.82. The van der Waals surface area contributed by atoms with Crippen molar-refractivity contribution in [3.63, 3.8) is 0 Å². The Bertz CT molecular complexity index is 498. The Hall–Kier alpha value is -1.91. The van der Waals surface area contributed by atoms with Gasteiger partial charge in [-0.2, -0.15) is 0 Å². The van der Waals surface area contributed by atoms with Gasteiger partial charge in [-0.25, -0.2) is 4.39 Å². The van der Waals surface area contributed by atoms with Crippen LogP contribution >= 0.6 is 0 Å². The van der Waals surface area contributed by atoms with E-state index in [-0.39, 0.29) is 23.5 Å². The number of amides is 2. The third-order valence-electron chi connectivity index (χ3n) is 3.08. The van der Waals surface area contributed by atoms with Crippen LogP contribution in [0.1, 0.15) is 28.8 Å². The summed E-state index contributed by atoms with van der Waals surface area (Å²) in [7, 11) is 0. The van der Waals surface area contributed by atoms with E-state index in [0.717, 1.165) is 12.8 Å². The van der Waals surface area contributed by atoms with E-state index < -0.39 is 0 Å². The molecule has 0 aromatic heterocycles. The predicted molar refractivity (Wildman–Crippen MR) is 69.2 cm³/mol. The van der Waals surface area contributed by atoms with E-state index in [4.69, 9.17) is 0 Å². The van der Waals surface area contributed by atoms with Gasteiger partial charge in [-0.05, 0) is 43.5 Å².